The predicted molar refractivity (Wildman–Crippen MR) is 113 cm³/mol. The number of sulfonamides is 1. The molecule has 3 rings (SSSR count). The van der Waals surface area contributed by atoms with E-state index < -0.39 is 10.0 Å². The molecule has 5 nitrogen and oxygen atoms in total. The molecule has 152 valence electrons. The first kappa shape index (κ1) is 21.0. The lowest BCUT2D eigenvalue weighted by Crippen LogP contribution is -2.45. The van der Waals surface area contributed by atoms with E-state index in [2.05, 4.69) is 43.4 Å². The lowest BCUT2D eigenvalue weighted by Gasteiger charge is -2.30. The Balaban J connectivity index is 1.51. The fourth-order valence-corrected chi connectivity index (χ4v) is 6.12. The standard InChI is InChI=1S/C21H28N2O3S2/c1-16(2)18-9-7-17(8-10-18)11-12-22-21(24)19-5-3-13-23(15-19)28(25,26)20-6-4-14-27-20/h4,6-10,14,16,19H,3,5,11-13,15H2,1-2H3,(H,22,24). The van der Waals surface area contributed by atoms with Gasteiger partial charge in [0.15, 0.2) is 0 Å². The molecule has 0 spiro atoms. The summed E-state index contributed by atoms with van der Waals surface area (Å²) in [6.45, 7) is 5.64. The van der Waals surface area contributed by atoms with Crippen LogP contribution in [-0.2, 0) is 21.2 Å². The van der Waals surface area contributed by atoms with Gasteiger partial charge in [-0.15, -0.1) is 11.3 Å². The van der Waals surface area contributed by atoms with Crippen LogP contribution in [0.5, 0.6) is 0 Å². The number of carbonyl (C=O) groups is 1. The van der Waals surface area contributed by atoms with Crippen molar-refractivity contribution < 1.29 is 13.2 Å². The van der Waals surface area contributed by atoms with Gasteiger partial charge in [0.25, 0.3) is 10.0 Å². The highest BCUT2D eigenvalue weighted by atomic mass is 32.2. The number of hydrogen-bond donors (Lipinski definition) is 1. The van der Waals surface area contributed by atoms with Gasteiger partial charge in [0.1, 0.15) is 4.21 Å². The molecule has 0 bridgehead atoms. The molecule has 1 aromatic heterocycles. The van der Waals surface area contributed by atoms with E-state index in [4.69, 9.17) is 0 Å². The van der Waals surface area contributed by atoms with Crippen molar-refractivity contribution in [2.45, 2.75) is 43.2 Å². The average molecular weight is 421 g/mol. The smallest absolute Gasteiger partial charge is 0.252 e. The molecule has 2 aromatic rings. The van der Waals surface area contributed by atoms with Crippen LogP contribution < -0.4 is 5.32 Å². The lowest BCUT2D eigenvalue weighted by atomic mass is 9.98. The van der Waals surface area contributed by atoms with Crippen molar-refractivity contribution in [1.29, 1.82) is 0 Å². The van der Waals surface area contributed by atoms with Crippen LogP contribution in [0.15, 0.2) is 46.0 Å². The number of hydrogen-bond acceptors (Lipinski definition) is 4. The SMILES string of the molecule is CC(C)c1ccc(CCNC(=O)C2CCCN(S(=O)(=O)c3cccs3)C2)cc1. The van der Waals surface area contributed by atoms with E-state index in [0.717, 1.165) is 12.8 Å². The molecule has 1 fully saturated rings. The monoisotopic (exact) mass is 420 g/mol. The van der Waals surface area contributed by atoms with Crippen molar-refractivity contribution in [2.24, 2.45) is 5.92 Å². The minimum absolute atomic E-state index is 0.0510. The molecular formula is C21H28N2O3S2. The predicted octanol–water partition coefficient (Wildman–Crippen LogP) is 3.63. The van der Waals surface area contributed by atoms with E-state index >= 15 is 0 Å². The lowest BCUT2D eigenvalue weighted by molar-refractivity contribution is -0.126. The van der Waals surface area contributed by atoms with Gasteiger partial charge in [0.05, 0.1) is 5.92 Å². The third-order valence-electron chi connectivity index (χ3n) is 5.20. The summed E-state index contributed by atoms with van der Waals surface area (Å²) in [5, 5.41) is 4.75. The van der Waals surface area contributed by atoms with Gasteiger partial charge in [-0.3, -0.25) is 4.79 Å². The number of nitrogens with one attached hydrogen (secondary N) is 1. The third kappa shape index (κ3) is 5.01. The maximum atomic E-state index is 12.7. The average Bonchev–Trinajstić information content (AvgIpc) is 3.24. The van der Waals surface area contributed by atoms with E-state index in [1.807, 2.05) is 0 Å². The molecular weight excluding hydrogens is 392 g/mol. The summed E-state index contributed by atoms with van der Waals surface area (Å²) in [6.07, 6.45) is 2.21. The molecule has 1 aliphatic heterocycles. The molecule has 1 N–H and O–H groups in total. The van der Waals surface area contributed by atoms with Crippen molar-refractivity contribution >= 4 is 27.3 Å². The van der Waals surface area contributed by atoms with Crippen molar-refractivity contribution in [3.05, 3.63) is 52.9 Å². The van der Waals surface area contributed by atoms with Gasteiger partial charge in [-0.2, -0.15) is 4.31 Å². The molecule has 1 unspecified atom stereocenters. The fraction of sp³-hybridized carbons (Fsp3) is 0.476. The van der Waals surface area contributed by atoms with Gasteiger partial charge < -0.3 is 5.32 Å². The number of benzene rings is 1. The van der Waals surface area contributed by atoms with E-state index in [0.29, 0.717) is 29.6 Å². The van der Waals surface area contributed by atoms with Gasteiger partial charge >= 0.3 is 0 Å². The van der Waals surface area contributed by atoms with E-state index in [-0.39, 0.29) is 18.4 Å². The zero-order valence-corrected chi connectivity index (χ0v) is 18.1. The molecule has 2 heterocycles. The van der Waals surface area contributed by atoms with Gasteiger partial charge in [-0.05, 0) is 47.8 Å². The topological polar surface area (TPSA) is 66.5 Å². The second kappa shape index (κ2) is 9.20. The quantitative estimate of drug-likeness (QED) is 0.744. The number of nitrogens with zero attached hydrogens (tertiary/aromatic N) is 1. The maximum absolute atomic E-state index is 12.7. The molecule has 1 saturated heterocycles. The van der Waals surface area contributed by atoms with Crippen LogP contribution in [-0.4, -0.2) is 38.3 Å². The van der Waals surface area contributed by atoms with Crippen molar-refractivity contribution in [3.8, 4) is 0 Å². The highest BCUT2D eigenvalue weighted by Gasteiger charge is 2.33. The van der Waals surface area contributed by atoms with Crippen LogP contribution >= 0.6 is 11.3 Å². The number of amides is 1. The Morgan fingerprint density at radius 3 is 2.64 bits per heavy atom. The van der Waals surface area contributed by atoms with Crippen LogP contribution in [0.4, 0.5) is 0 Å². The minimum Gasteiger partial charge on any atom is -0.355 e. The molecule has 7 heteroatoms. The molecule has 28 heavy (non-hydrogen) atoms. The second-order valence-corrected chi connectivity index (χ2v) is 10.7. The van der Waals surface area contributed by atoms with Crippen LogP contribution in [0.1, 0.15) is 43.7 Å². The summed E-state index contributed by atoms with van der Waals surface area (Å²) >= 11 is 1.22. The summed E-state index contributed by atoms with van der Waals surface area (Å²) in [6, 6.07) is 11.8. The molecule has 0 saturated carbocycles. The van der Waals surface area contributed by atoms with Crippen molar-refractivity contribution in [3.63, 3.8) is 0 Å². The van der Waals surface area contributed by atoms with Crippen molar-refractivity contribution in [2.75, 3.05) is 19.6 Å². The first-order chi connectivity index (χ1) is 13.4. The summed E-state index contributed by atoms with van der Waals surface area (Å²) in [7, 11) is -3.49. The Morgan fingerprint density at radius 1 is 1.25 bits per heavy atom. The molecule has 1 aromatic carbocycles. The molecule has 1 atom stereocenters. The maximum Gasteiger partial charge on any atom is 0.252 e. The van der Waals surface area contributed by atoms with Crippen LogP contribution in [0.3, 0.4) is 0 Å². The van der Waals surface area contributed by atoms with E-state index in [9.17, 15) is 13.2 Å². The van der Waals surface area contributed by atoms with Gasteiger partial charge in [0.2, 0.25) is 5.91 Å². The molecule has 0 radical (unpaired) electrons. The molecule has 0 aliphatic carbocycles. The first-order valence-corrected chi connectivity index (χ1v) is 12.1. The number of rotatable bonds is 7. The Bertz CT molecular complexity index is 875. The Kier molecular flexibility index (Phi) is 6.91. The third-order valence-corrected chi connectivity index (χ3v) is 8.44. The largest absolute Gasteiger partial charge is 0.355 e. The van der Waals surface area contributed by atoms with E-state index in [1.54, 1.807) is 17.5 Å². The summed E-state index contributed by atoms with van der Waals surface area (Å²) < 4.78 is 27.2. The highest BCUT2D eigenvalue weighted by molar-refractivity contribution is 7.91. The minimum atomic E-state index is -3.49. The van der Waals surface area contributed by atoms with Crippen LogP contribution in [0.2, 0.25) is 0 Å². The number of thiophene rings is 1. The van der Waals surface area contributed by atoms with Gasteiger partial charge in [0, 0.05) is 19.6 Å². The summed E-state index contributed by atoms with van der Waals surface area (Å²) in [4.78, 5) is 12.6. The molecule has 1 aliphatic rings. The van der Waals surface area contributed by atoms with Crippen LogP contribution in [0.25, 0.3) is 0 Å². The Morgan fingerprint density at radius 2 is 2.00 bits per heavy atom. The van der Waals surface area contributed by atoms with E-state index in [1.165, 1.54) is 26.8 Å². The zero-order chi connectivity index (χ0) is 20.1. The highest BCUT2D eigenvalue weighted by Crippen LogP contribution is 2.26. The van der Waals surface area contributed by atoms with Crippen LogP contribution in [0, 0.1) is 5.92 Å². The second-order valence-electron chi connectivity index (χ2n) is 7.57. The van der Waals surface area contributed by atoms with Gasteiger partial charge in [-0.1, -0.05) is 44.2 Å². The summed E-state index contributed by atoms with van der Waals surface area (Å²) in [5.74, 6) is 0.171. The fourth-order valence-electron chi connectivity index (χ4n) is 3.46. The first-order valence-electron chi connectivity index (χ1n) is 9.78. The number of piperidine rings is 1. The Labute approximate surface area is 171 Å². The zero-order valence-electron chi connectivity index (χ0n) is 16.4. The van der Waals surface area contributed by atoms with Gasteiger partial charge in [-0.25, -0.2) is 8.42 Å². The summed E-state index contributed by atoms with van der Waals surface area (Å²) in [5.41, 5.74) is 2.50. The Hall–Kier alpha value is -1.70. The molecule has 1 amide bonds. The number of carbonyl (C=O) groups excluding carboxylic acids is 1. The van der Waals surface area contributed by atoms with Crippen molar-refractivity contribution in [1.82, 2.24) is 9.62 Å². The normalized spacial score (nSPS) is 18.3.